The van der Waals surface area contributed by atoms with Crippen LogP contribution in [0.5, 0.6) is 5.88 Å². The molecular weight excluding hydrogens is 208 g/mol. The molecule has 0 aliphatic carbocycles. The summed E-state index contributed by atoms with van der Waals surface area (Å²) in [4.78, 5) is 4.10. The van der Waals surface area contributed by atoms with Crippen LogP contribution in [0.3, 0.4) is 0 Å². The first-order valence-electron chi connectivity index (χ1n) is 3.11. The van der Waals surface area contributed by atoms with Crippen molar-refractivity contribution >= 4 is 21.6 Å². The Hall–Kier alpha value is -0.770. The van der Waals surface area contributed by atoms with E-state index in [9.17, 15) is 0 Å². The second-order valence-corrected chi connectivity index (χ2v) is 3.01. The Kier molecular flexibility index (Phi) is 2.34. The Morgan fingerprint density at radius 1 is 1.64 bits per heavy atom. The molecule has 0 amide bonds. The van der Waals surface area contributed by atoms with Gasteiger partial charge < -0.3 is 10.5 Å². The van der Waals surface area contributed by atoms with E-state index in [0.717, 1.165) is 10.2 Å². The molecule has 2 N–H and O–H groups in total. The summed E-state index contributed by atoms with van der Waals surface area (Å²) in [6.07, 6.45) is 0. The molecule has 0 spiro atoms. The number of hydrogen-bond acceptors (Lipinski definition) is 3. The summed E-state index contributed by atoms with van der Waals surface area (Å²) < 4.78 is 5.75. The summed E-state index contributed by atoms with van der Waals surface area (Å²) in [6.45, 7) is 1.84. The summed E-state index contributed by atoms with van der Waals surface area (Å²) in [5.74, 6) is 0.566. The van der Waals surface area contributed by atoms with E-state index in [0.29, 0.717) is 11.6 Å². The summed E-state index contributed by atoms with van der Waals surface area (Å²) in [7, 11) is 1.57. The number of methoxy groups -OCH3 is 1. The number of aryl methyl sites for hydroxylation is 1. The number of ether oxygens (including phenoxy) is 1. The van der Waals surface area contributed by atoms with Gasteiger partial charge in [0.15, 0.2) is 0 Å². The normalized spacial score (nSPS) is 9.73. The molecule has 1 rings (SSSR count). The maximum atomic E-state index is 5.60. The number of hydrogen-bond donors (Lipinski definition) is 1. The zero-order valence-corrected chi connectivity index (χ0v) is 7.97. The lowest BCUT2D eigenvalue weighted by Gasteiger charge is -2.04. The van der Waals surface area contributed by atoms with E-state index in [2.05, 4.69) is 20.9 Å². The Balaban J connectivity index is 3.21. The monoisotopic (exact) mass is 216 g/mol. The minimum atomic E-state index is 0.566. The number of aromatic nitrogens is 1. The van der Waals surface area contributed by atoms with E-state index in [1.165, 1.54) is 0 Å². The highest BCUT2D eigenvalue weighted by Crippen LogP contribution is 2.25. The van der Waals surface area contributed by atoms with Gasteiger partial charge in [0.1, 0.15) is 0 Å². The maximum absolute atomic E-state index is 5.60. The van der Waals surface area contributed by atoms with Crippen LogP contribution in [0.4, 0.5) is 5.69 Å². The first kappa shape index (κ1) is 8.33. The van der Waals surface area contributed by atoms with Gasteiger partial charge in [-0.25, -0.2) is 4.98 Å². The quantitative estimate of drug-likeness (QED) is 0.779. The van der Waals surface area contributed by atoms with Gasteiger partial charge in [-0.2, -0.15) is 0 Å². The van der Waals surface area contributed by atoms with Crippen molar-refractivity contribution in [2.45, 2.75) is 6.92 Å². The third kappa shape index (κ3) is 1.63. The van der Waals surface area contributed by atoms with Gasteiger partial charge in [0.05, 0.1) is 23.0 Å². The molecule has 0 saturated heterocycles. The average molecular weight is 217 g/mol. The molecule has 0 bridgehead atoms. The van der Waals surface area contributed by atoms with Crippen LogP contribution < -0.4 is 10.5 Å². The number of nitrogens with zero attached hydrogens (tertiary/aromatic N) is 1. The molecule has 1 heterocycles. The molecule has 0 aromatic carbocycles. The van der Waals surface area contributed by atoms with Gasteiger partial charge in [-0.05, 0) is 28.9 Å². The van der Waals surface area contributed by atoms with Crippen molar-refractivity contribution in [3.8, 4) is 5.88 Å². The number of rotatable bonds is 1. The highest BCUT2D eigenvalue weighted by molar-refractivity contribution is 9.10. The van der Waals surface area contributed by atoms with Crippen molar-refractivity contribution in [1.82, 2.24) is 4.98 Å². The van der Waals surface area contributed by atoms with Gasteiger partial charge in [-0.15, -0.1) is 0 Å². The summed E-state index contributed by atoms with van der Waals surface area (Å²) in [5, 5.41) is 0. The maximum Gasteiger partial charge on any atom is 0.228 e. The van der Waals surface area contributed by atoms with E-state index < -0.39 is 0 Å². The molecule has 0 aliphatic rings. The summed E-state index contributed by atoms with van der Waals surface area (Å²) in [6, 6.07) is 1.78. The largest absolute Gasteiger partial charge is 0.480 e. The van der Waals surface area contributed by atoms with Gasteiger partial charge in [-0.1, -0.05) is 0 Å². The van der Waals surface area contributed by atoms with Gasteiger partial charge in [0.2, 0.25) is 5.88 Å². The Morgan fingerprint density at radius 3 is 2.82 bits per heavy atom. The van der Waals surface area contributed by atoms with Crippen LogP contribution in [-0.4, -0.2) is 12.1 Å². The second-order valence-electron chi connectivity index (χ2n) is 2.15. The second kappa shape index (κ2) is 3.09. The number of halogens is 1. The molecule has 4 heteroatoms. The molecule has 60 valence electrons. The van der Waals surface area contributed by atoms with Crippen molar-refractivity contribution in [2.24, 2.45) is 0 Å². The van der Waals surface area contributed by atoms with Gasteiger partial charge in [0.25, 0.3) is 0 Å². The van der Waals surface area contributed by atoms with Crippen molar-refractivity contribution in [1.29, 1.82) is 0 Å². The van der Waals surface area contributed by atoms with Crippen LogP contribution in [0.25, 0.3) is 0 Å². The Morgan fingerprint density at radius 2 is 2.27 bits per heavy atom. The zero-order valence-electron chi connectivity index (χ0n) is 6.39. The van der Waals surface area contributed by atoms with Crippen molar-refractivity contribution in [3.63, 3.8) is 0 Å². The van der Waals surface area contributed by atoms with Crippen LogP contribution in [0.2, 0.25) is 0 Å². The van der Waals surface area contributed by atoms with E-state index in [-0.39, 0.29) is 0 Å². The number of pyridine rings is 1. The average Bonchev–Trinajstić information content (AvgIpc) is 1.97. The predicted octanol–water partition coefficient (Wildman–Crippen LogP) is 1.74. The lowest BCUT2D eigenvalue weighted by atomic mass is 10.3. The fourth-order valence-electron chi connectivity index (χ4n) is 0.716. The number of nitrogen functional groups attached to an aromatic ring is 1. The van der Waals surface area contributed by atoms with Crippen LogP contribution in [0.1, 0.15) is 5.69 Å². The fourth-order valence-corrected chi connectivity index (χ4v) is 1.21. The molecule has 0 saturated carbocycles. The van der Waals surface area contributed by atoms with E-state index >= 15 is 0 Å². The minimum absolute atomic E-state index is 0.566. The van der Waals surface area contributed by atoms with Crippen molar-refractivity contribution in [3.05, 3.63) is 16.2 Å². The molecule has 0 radical (unpaired) electrons. The molecule has 0 atom stereocenters. The molecule has 3 nitrogen and oxygen atoms in total. The minimum Gasteiger partial charge on any atom is -0.480 e. The van der Waals surface area contributed by atoms with Crippen LogP contribution >= 0.6 is 15.9 Å². The van der Waals surface area contributed by atoms with Crippen LogP contribution in [-0.2, 0) is 0 Å². The van der Waals surface area contributed by atoms with E-state index in [4.69, 9.17) is 10.5 Å². The fraction of sp³-hybridized carbons (Fsp3) is 0.286. The van der Waals surface area contributed by atoms with Crippen LogP contribution in [0, 0.1) is 6.92 Å². The van der Waals surface area contributed by atoms with Gasteiger partial charge in [-0.3, -0.25) is 0 Å². The first-order chi connectivity index (χ1) is 5.15. The molecule has 0 unspecified atom stereocenters. The standard InChI is InChI=1S/C7H9BrN2O/c1-4-6(9)3-5(8)7(10-4)11-2/h3H,9H2,1-2H3. The lowest BCUT2D eigenvalue weighted by molar-refractivity contribution is 0.394. The summed E-state index contributed by atoms with van der Waals surface area (Å²) in [5.41, 5.74) is 7.04. The highest BCUT2D eigenvalue weighted by Gasteiger charge is 2.03. The molecular formula is C7H9BrN2O. The van der Waals surface area contributed by atoms with Crippen LogP contribution in [0.15, 0.2) is 10.5 Å². The smallest absolute Gasteiger partial charge is 0.228 e. The predicted molar refractivity (Wildman–Crippen MR) is 47.6 cm³/mol. The Bertz CT molecular complexity index is 275. The highest BCUT2D eigenvalue weighted by atomic mass is 79.9. The van der Waals surface area contributed by atoms with Crippen molar-refractivity contribution in [2.75, 3.05) is 12.8 Å². The molecule has 0 fully saturated rings. The lowest BCUT2D eigenvalue weighted by Crippen LogP contribution is -1.96. The molecule has 0 aliphatic heterocycles. The SMILES string of the molecule is COc1nc(C)c(N)cc1Br. The molecule has 1 aromatic heterocycles. The van der Waals surface area contributed by atoms with E-state index in [1.807, 2.05) is 6.92 Å². The molecule has 11 heavy (non-hydrogen) atoms. The van der Waals surface area contributed by atoms with Crippen molar-refractivity contribution < 1.29 is 4.74 Å². The van der Waals surface area contributed by atoms with Gasteiger partial charge >= 0.3 is 0 Å². The first-order valence-corrected chi connectivity index (χ1v) is 3.91. The topological polar surface area (TPSA) is 48.1 Å². The molecule has 1 aromatic rings. The third-order valence-electron chi connectivity index (χ3n) is 1.37. The summed E-state index contributed by atoms with van der Waals surface area (Å²) >= 11 is 3.27. The zero-order chi connectivity index (χ0) is 8.43. The number of nitrogens with two attached hydrogens (primary N) is 1. The third-order valence-corrected chi connectivity index (χ3v) is 1.94. The van der Waals surface area contributed by atoms with E-state index in [1.54, 1.807) is 13.2 Å². The number of anilines is 1. The Labute approximate surface area is 73.7 Å². The van der Waals surface area contributed by atoms with Gasteiger partial charge in [0, 0.05) is 0 Å².